The Morgan fingerprint density at radius 3 is 2.17 bits per heavy atom. The molecule has 1 atom stereocenters. The van der Waals surface area contributed by atoms with Gasteiger partial charge in [-0.05, 0) is 23.8 Å². The summed E-state index contributed by atoms with van der Waals surface area (Å²) in [6.45, 7) is 0. The van der Waals surface area contributed by atoms with Crippen molar-refractivity contribution in [1.82, 2.24) is 0 Å². The first-order valence-electron chi connectivity index (χ1n) is 6.77. The Morgan fingerprint density at radius 2 is 1.61 bits per heavy atom. The zero-order valence-electron chi connectivity index (χ0n) is 12.0. The topological polar surface area (TPSA) is 43.4 Å². The summed E-state index contributed by atoms with van der Waals surface area (Å²) >= 11 is 0. The molecule has 0 radical (unpaired) electrons. The third-order valence-corrected chi connectivity index (χ3v) is 3.85. The van der Waals surface area contributed by atoms with Gasteiger partial charge in [0, 0.05) is 5.56 Å². The first kappa shape index (κ1) is 15.3. The molecule has 0 heterocycles. The van der Waals surface area contributed by atoms with Crippen LogP contribution in [0.4, 0.5) is 13.2 Å². The highest BCUT2D eigenvalue weighted by Crippen LogP contribution is 2.39. The largest absolute Gasteiger partial charge is 0.496 e. The molecule has 118 valence electrons. The van der Waals surface area contributed by atoms with Crippen LogP contribution in [0.15, 0.2) is 42.5 Å². The second-order valence-corrected chi connectivity index (χ2v) is 5.16. The Hall–Kier alpha value is -2.63. The minimum Gasteiger partial charge on any atom is -0.496 e. The fourth-order valence-electron chi connectivity index (χ4n) is 2.75. The van der Waals surface area contributed by atoms with Crippen molar-refractivity contribution >= 4 is 11.6 Å². The van der Waals surface area contributed by atoms with E-state index >= 15 is 0 Å². The van der Waals surface area contributed by atoms with E-state index in [0.29, 0.717) is 0 Å². The molecule has 1 aliphatic carbocycles. The first-order valence-corrected chi connectivity index (χ1v) is 6.77. The molecule has 0 N–H and O–H groups in total. The highest BCUT2D eigenvalue weighted by molar-refractivity contribution is 6.30. The molecule has 3 nitrogen and oxygen atoms in total. The van der Waals surface area contributed by atoms with Gasteiger partial charge >= 0.3 is 6.18 Å². The number of ketones is 2. The van der Waals surface area contributed by atoms with Gasteiger partial charge < -0.3 is 4.74 Å². The molecule has 0 saturated heterocycles. The lowest BCUT2D eigenvalue weighted by molar-refractivity contribution is -0.137. The molecule has 0 bridgehead atoms. The molecule has 0 aliphatic heterocycles. The zero-order chi connectivity index (χ0) is 16.8. The minimum absolute atomic E-state index is 0.185. The van der Waals surface area contributed by atoms with Crippen LogP contribution in [0.2, 0.25) is 0 Å². The molecular formula is C17H11F3O3. The van der Waals surface area contributed by atoms with E-state index in [1.165, 1.54) is 25.3 Å². The molecule has 3 rings (SSSR count). The average molecular weight is 320 g/mol. The van der Waals surface area contributed by atoms with Gasteiger partial charge in [0.15, 0.2) is 11.6 Å². The van der Waals surface area contributed by atoms with Crippen LogP contribution in [0.1, 0.15) is 37.8 Å². The van der Waals surface area contributed by atoms with E-state index in [4.69, 9.17) is 4.74 Å². The number of rotatable bonds is 2. The lowest BCUT2D eigenvalue weighted by atomic mass is 9.93. The summed E-state index contributed by atoms with van der Waals surface area (Å²) < 4.78 is 42.9. The van der Waals surface area contributed by atoms with E-state index in [2.05, 4.69) is 0 Å². The molecule has 0 spiro atoms. The summed E-state index contributed by atoms with van der Waals surface area (Å²) in [4.78, 5) is 25.0. The average Bonchev–Trinajstić information content (AvgIpc) is 2.78. The Bertz CT molecular complexity index is 792. The number of methoxy groups -OCH3 is 1. The standard InChI is InChI=1S/C17H11F3O3/c1-23-12-4-2-3-11-14(12)16(22)13(15(11)21)9-5-7-10(8-6-9)17(18,19)20/h2-8,13H,1H3. The third kappa shape index (κ3) is 2.40. The van der Waals surface area contributed by atoms with Crippen LogP contribution in [0, 0.1) is 0 Å². The number of Topliss-reactive ketones (excluding diaryl/α,β-unsaturated/α-hetero) is 2. The smallest absolute Gasteiger partial charge is 0.416 e. The third-order valence-electron chi connectivity index (χ3n) is 3.85. The maximum absolute atomic E-state index is 12.6. The van der Waals surface area contributed by atoms with Crippen molar-refractivity contribution in [3.63, 3.8) is 0 Å². The predicted octanol–water partition coefficient (Wildman–Crippen LogP) is 3.88. The predicted molar refractivity (Wildman–Crippen MR) is 75.8 cm³/mol. The molecule has 0 amide bonds. The van der Waals surface area contributed by atoms with Gasteiger partial charge in [0.2, 0.25) is 0 Å². The van der Waals surface area contributed by atoms with E-state index in [-0.39, 0.29) is 22.4 Å². The Kier molecular flexibility index (Phi) is 3.47. The van der Waals surface area contributed by atoms with Crippen molar-refractivity contribution in [2.24, 2.45) is 0 Å². The second kappa shape index (κ2) is 5.22. The van der Waals surface area contributed by atoms with Crippen LogP contribution in [-0.4, -0.2) is 18.7 Å². The van der Waals surface area contributed by atoms with Crippen LogP contribution in [-0.2, 0) is 6.18 Å². The summed E-state index contributed by atoms with van der Waals surface area (Å²) in [6, 6.07) is 8.76. The van der Waals surface area contributed by atoms with Gasteiger partial charge in [0.25, 0.3) is 0 Å². The van der Waals surface area contributed by atoms with Gasteiger partial charge in [-0.2, -0.15) is 13.2 Å². The summed E-state index contributed by atoms with van der Waals surface area (Å²) in [5, 5.41) is 0. The van der Waals surface area contributed by atoms with Gasteiger partial charge in [-0.1, -0.05) is 24.3 Å². The molecule has 0 aromatic heterocycles. The van der Waals surface area contributed by atoms with Crippen LogP contribution in [0.3, 0.4) is 0 Å². The lowest BCUT2D eigenvalue weighted by Crippen LogP contribution is -2.13. The zero-order valence-corrected chi connectivity index (χ0v) is 12.0. The van der Waals surface area contributed by atoms with Crippen LogP contribution in [0.5, 0.6) is 5.75 Å². The molecule has 23 heavy (non-hydrogen) atoms. The normalized spacial score (nSPS) is 17.3. The molecule has 1 aliphatic rings. The number of halogens is 3. The van der Waals surface area contributed by atoms with Crippen molar-refractivity contribution in [3.05, 3.63) is 64.7 Å². The number of benzene rings is 2. The SMILES string of the molecule is COc1cccc2c1C(=O)C(c1ccc(C(F)(F)F)cc1)C2=O. The van der Waals surface area contributed by atoms with Gasteiger partial charge in [-0.15, -0.1) is 0 Å². The van der Waals surface area contributed by atoms with Crippen molar-refractivity contribution in [1.29, 1.82) is 0 Å². The molecule has 6 heteroatoms. The monoisotopic (exact) mass is 320 g/mol. The summed E-state index contributed by atoms with van der Waals surface area (Å²) in [7, 11) is 1.39. The fraction of sp³-hybridized carbons (Fsp3) is 0.176. The lowest BCUT2D eigenvalue weighted by Gasteiger charge is -2.10. The number of hydrogen-bond donors (Lipinski definition) is 0. The molecule has 0 fully saturated rings. The van der Waals surface area contributed by atoms with Crippen LogP contribution in [0.25, 0.3) is 0 Å². The summed E-state index contributed by atoms with van der Waals surface area (Å²) in [5.74, 6) is -1.72. The van der Waals surface area contributed by atoms with E-state index in [9.17, 15) is 22.8 Å². The fourth-order valence-corrected chi connectivity index (χ4v) is 2.75. The van der Waals surface area contributed by atoms with E-state index in [0.717, 1.165) is 12.1 Å². The van der Waals surface area contributed by atoms with Crippen molar-refractivity contribution in [3.8, 4) is 5.75 Å². The number of alkyl halides is 3. The van der Waals surface area contributed by atoms with E-state index in [1.807, 2.05) is 0 Å². The molecular weight excluding hydrogens is 309 g/mol. The van der Waals surface area contributed by atoms with Gasteiger partial charge in [0.1, 0.15) is 11.7 Å². The Morgan fingerprint density at radius 1 is 0.957 bits per heavy atom. The Balaban J connectivity index is 2.03. The molecule has 2 aromatic rings. The molecule has 0 saturated carbocycles. The van der Waals surface area contributed by atoms with Gasteiger partial charge in [-0.3, -0.25) is 9.59 Å². The van der Waals surface area contributed by atoms with E-state index in [1.54, 1.807) is 12.1 Å². The maximum atomic E-state index is 12.6. The summed E-state index contributed by atoms with van der Waals surface area (Å²) in [5.41, 5.74) is -0.162. The highest BCUT2D eigenvalue weighted by Gasteiger charge is 2.42. The molecule has 1 unspecified atom stereocenters. The van der Waals surface area contributed by atoms with Gasteiger partial charge in [0.05, 0.1) is 18.2 Å². The number of carbonyl (C=O) groups excluding carboxylic acids is 2. The maximum Gasteiger partial charge on any atom is 0.416 e. The van der Waals surface area contributed by atoms with Crippen LogP contribution >= 0.6 is 0 Å². The highest BCUT2D eigenvalue weighted by atomic mass is 19.4. The second-order valence-electron chi connectivity index (χ2n) is 5.16. The number of hydrogen-bond acceptors (Lipinski definition) is 3. The van der Waals surface area contributed by atoms with Gasteiger partial charge in [-0.25, -0.2) is 0 Å². The number of fused-ring (bicyclic) bond motifs is 1. The van der Waals surface area contributed by atoms with Crippen molar-refractivity contribution in [2.45, 2.75) is 12.1 Å². The van der Waals surface area contributed by atoms with Crippen LogP contribution < -0.4 is 4.74 Å². The minimum atomic E-state index is -4.46. The van der Waals surface area contributed by atoms with Crippen molar-refractivity contribution in [2.75, 3.05) is 7.11 Å². The Labute approximate surface area is 129 Å². The molecule has 2 aromatic carbocycles. The quantitative estimate of drug-likeness (QED) is 0.789. The van der Waals surface area contributed by atoms with E-state index < -0.39 is 29.2 Å². The first-order chi connectivity index (χ1) is 10.8. The number of ether oxygens (including phenoxy) is 1. The number of carbonyl (C=O) groups is 2. The summed E-state index contributed by atoms with van der Waals surface area (Å²) in [6.07, 6.45) is -4.46. The van der Waals surface area contributed by atoms with Crippen molar-refractivity contribution < 1.29 is 27.5 Å².